The van der Waals surface area contributed by atoms with Crippen LogP contribution in [0.3, 0.4) is 0 Å². The molecule has 1 heterocycles. The monoisotopic (exact) mass is 380 g/mol. The van der Waals surface area contributed by atoms with E-state index in [1.54, 1.807) is 0 Å². The summed E-state index contributed by atoms with van der Waals surface area (Å²) in [5, 5.41) is 2.75. The smallest absolute Gasteiger partial charge is 0.262 e. The summed E-state index contributed by atoms with van der Waals surface area (Å²) in [6.07, 6.45) is 0. The van der Waals surface area contributed by atoms with Crippen LogP contribution < -0.4 is 5.32 Å². The van der Waals surface area contributed by atoms with Gasteiger partial charge in [0, 0.05) is 5.69 Å². The van der Waals surface area contributed by atoms with Crippen molar-refractivity contribution in [2.24, 2.45) is 0 Å². The number of fused-ring (bicyclic) bond motifs is 1. The third-order valence-electron chi connectivity index (χ3n) is 3.82. The number of amides is 3. The number of carbonyl (C=O) groups is 3. The van der Waals surface area contributed by atoms with E-state index in [0.717, 1.165) is 11.0 Å². The molecule has 8 heteroatoms. The van der Waals surface area contributed by atoms with Crippen molar-refractivity contribution in [1.29, 1.82) is 0 Å². The number of benzene rings is 2. The van der Waals surface area contributed by atoms with Crippen LogP contribution in [0, 0.1) is 5.82 Å². The quantitative estimate of drug-likeness (QED) is 0.824. The molecule has 1 N–H and O–H groups in total. The molecule has 1 unspecified atom stereocenters. The normalized spacial score (nSPS) is 14.5. The Morgan fingerprint density at radius 3 is 2.16 bits per heavy atom. The average molecular weight is 381 g/mol. The number of nitrogens with one attached hydrogen (secondary N) is 1. The van der Waals surface area contributed by atoms with Gasteiger partial charge in [-0.3, -0.25) is 19.3 Å². The molecular weight excluding hydrogens is 370 g/mol. The van der Waals surface area contributed by atoms with Gasteiger partial charge in [0.15, 0.2) is 0 Å². The van der Waals surface area contributed by atoms with Crippen LogP contribution in [0.4, 0.5) is 10.1 Å². The molecule has 0 radical (unpaired) electrons. The average Bonchev–Trinajstić information content (AvgIpc) is 2.78. The molecule has 1 aliphatic heterocycles. The van der Waals surface area contributed by atoms with Gasteiger partial charge in [0.05, 0.1) is 21.2 Å². The number of carbonyl (C=O) groups excluding carboxylic acids is 3. The maximum Gasteiger partial charge on any atom is 0.262 e. The summed E-state index contributed by atoms with van der Waals surface area (Å²) in [6, 6.07) is 6.79. The highest BCUT2D eigenvalue weighted by atomic mass is 35.5. The van der Waals surface area contributed by atoms with E-state index in [1.165, 1.54) is 37.3 Å². The molecule has 25 heavy (non-hydrogen) atoms. The highest BCUT2D eigenvalue weighted by Gasteiger charge is 2.41. The second kappa shape index (κ2) is 6.46. The van der Waals surface area contributed by atoms with Crippen LogP contribution in [0.25, 0.3) is 0 Å². The van der Waals surface area contributed by atoms with Crippen molar-refractivity contribution >= 4 is 46.6 Å². The van der Waals surface area contributed by atoms with E-state index in [-0.39, 0.29) is 26.9 Å². The Morgan fingerprint density at radius 2 is 1.64 bits per heavy atom. The third kappa shape index (κ3) is 3.10. The molecule has 0 saturated heterocycles. The van der Waals surface area contributed by atoms with Gasteiger partial charge in [-0.25, -0.2) is 4.39 Å². The molecule has 0 aromatic heterocycles. The molecule has 128 valence electrons. The number of hydrogen-bond acceptors (Lipinski definition) is 3. The molecule has 2 aromatic carbocycles. The van der Waals surface area contributed by atoms with E-state index in [1.807, 2.05) is 0 Å². The lowest BCUT2D eigenvalue weighted by atomic mass is 10.1. The molecule has 0 spiro atoms. The van der Waals surface area contributed by atoms with Crippen LogP contribution in [0.5, 0.6) is 0 Å². The maximum absolute atomic E-state index is 13.2. The standard InChI is InChI=1S/C17H11Cl2FN2O3/c1-8(15(23)21-10-4-2-3-9(20)5-10)22-16(24)11-6-13(18)14(19)7-12(11)17(22)25/h2-8H,1H3,(H,21,23). The minimum absolute atomic E-state index is 0.0878. The number of imide groups is 1. The molecule has 0 saturated carbocycles. The lowest BCUT2D eigenvalue weighted by Crippen LogP contribution is -2.45. The van der Waals surface area contributed by atoms with Crippen molar-refractivity contribution < 1.29 is 18.8 Å². The predicted octanol–water partition coefficient (Wildman–Crippen LogP) is 3.76. The maximum atomic E-state index is 13.2. The number of anilines is 1. The zero-order valence-electron chi connectivity index (χ0n) is 12.8. The van der Waals surface area contributed by atoms with E-state index in [2.05, 4.69) is 5.32 Å². The first-order chi connectivity index (χ1) is 11.8. The second-order valence-corrected chi connectivity index (χ2v) is 6.28. The van der Waals surface area contributed by atoms with Gasteiger partial charge in [0.25, 0.3) is 11.8 Å². The lowest BCUT2D eigenvalue weighted by molar-refractivity contribution is -0.119. The van der Waals surface area contributed by atoms with Crippen LogP contribution in [0.15, 0.2) is 36.4 Å². The van der Waals surface area contributed by atoms with Gasteiger partial charge in [0.2, 0.25) is 5.91 Å². The van der Waals surface area contributed by atoms with E-state index in [9.17, 15) is 18.8 Å². The first kappa shape index (κ1) is 17.4. The fourth-order valence-corrected chi connectivity index (χ4v) is 2.86. The molecule has 0 bridgehead atoms. The predicted molar refractivity (Wildman–Crippen MR) is 91.5 cm³/mol. The van der Waals surface area contributed by atoms with Crippen molar-refractivity contribution in [2.45, 2.75) is 13.0 Å². The SMILES string of the molecule is CC(C(=O)Nc1cccc(F)c1)N1C(=O)c2cc(Cl)c(Cl)cc2C1=O. The molecule has 0 fully saturated rings. The molecule has 1 aliphatic rings. The van der Waals surface area contributed by atoms with Crippen LogP contribution in [-0.2, 0) is 4.79 Å². The van der Waals surface area contributed by atoms with Gasteiger partial charge in [-0.2, -0.15) is 0 Å². The van der Waals surface area contributed by atoms with Crippen molar-refractivity contribution in [3.8, 4) is 0 Å². The molecule has 3 amide bonds. The first-order valence-corrected chi connectivity index (χ1v) is 7.98. The van der Waals surface area contributed by atoms with Crippen molar-refractivity contribution in [2.75, 3.05) is 5.32 Å². The van der Waals surface area contributed by atoms with Gasteiger partial charge in [-0.15, -0.1) is 0 Å². The summed E-state index contributed by atoms with van der Waals surface area (Å²) in [7, 11) is 0. The van der Waals surface area contributed by atoms with E-state index >= 15 is 0 Å². The minimum atomic E-state index is -1.10. The van der Waals surface area contributed by atoms with Gasteiger partial charge < -0.3 is 5.32 Å². The fraction of sp³-hybridized carbons (Fsp3) is 0.118. The summed E-state index contributed by atoms with van der Waals surface area (Å²) in [4.78, 5) is 38.2. The Bertz CT molecular complexity index is 876. The van der Waals surface area contributed by atoms with E-state index in [0.29, 0.717) is 0 Å². The highest BCUT2D eigenvalue weighted by Crippen LogP contribution is 2.32. The van der Waals surface area contributed by atoms with Crippen LogP contribution in [-0.4, -0.2) is 28.7 Å². The van der Waals surface area contributed by atoms with Gasteiger partial charge in [0.1, 0.15) is 11.9 Å². The molecule has 2 aromatic rings. The van der Waals surface area contributed by atoms with Gasteiger partial charge >= 0.3 is 0 Å². The Kier molecular flexibility index (Phi) is 4.49. The molecular formula is C17H11Cl2FN2O3. The summed E-state index contributed by atoms with van der Waals surface area (Å²) in [6.45, 7) is 1.40. The molecule has 1 atom stereocenters. The minimum Gasteiger partial charge on any atom is -0.324 e. The second-order valence-electron chi connectivity index (χ2n) is 5.47. The number of nitrogens with zero attached hydrogens (tertiary/aromatic N) is 1. The Balaban J connectivity index is 1.85. The topological polar surface area (TPSA) is 66.5 Å². The largest absolute Gasteiger partial charge is 0.324 e. The zero-order valence-corrected chi connectivity index (χ0v) is 14.4. The van der Waals surface area contributed by atoms with E-state index in [4.69, 9.17) is 23.2 Å². The van der Waals surface area contributed by atoms with E-state index < -0.39 is 29.6 Å². The van der Waals surface area contributed by atoms with Crippen LogP contribution in [0.2, 0.25) is 10.0 Å². The van der Waals surface area contributed by atoms with Crippen LogP contribution >= 0.6 is 23.2 Å². The molecule has 5 nitrogen and oxygen atoms in total. The van der Waals surface area contributed by atoms with Crippen molar-refractivity contribution in [3.63, 3.8) is 0 Å². The molecule has 0 aliphatic carbocycles. The van der Waals surface area contributed by atoms with Crippen molar-refractivity contribution in [3.05, 3.63) is 63.4 Å². The molecule has 3 rings (SSSR count). The number of halogens is 3. The van der Waals surface area contributed by atoms with Crippen LogP contribution in [0.1, 0.15) is 27.6 Å². The Morgan fingerprint density at radius 1 is 1.08 bits per heavy atom. The Labute approximate surface area is 152 Å². The lowest BCUT2D eigenvalue weighted by Gasteiger charge is -2.21. The summed E-state index contributed by atoms with van der Waals surface area (Å²) in [5.74, 6) is -2.42. The summed E-state index contributed by atoms with van der Waals surface area (Å²) in [5.41, 5.74) is 0.397. The number of hydrogen-bond donors (Lipinski definition) is 1. The number of rotatable bonds is 3. The first-order valence-electron chi connectivity index (χ1n) is 7.23. The zero-order chi connectivity index (χ0) is 18.3. The fourth-order valence-electron chi connectivity index (χ4n) is 2.53. The highest BCUT2D eigenvalue weighted by molar-refractivity contribution is 6.43. The van der Waals surface area contributed by atoms with Crippen molar-refractivity contribution in [1.82, 2.24) is 4.90 Å². The van der Waals surface area contributed by atoms with Gasteiger partial charge in [-0.1, -0.05) is 29.3 Å². The summed E-state index contributed by atoms with van der Waals surface area (Å²) < 4.78 is 13.2. The third-order valence-corrected chi connectivity index (χ3v) is 4.54. The Hall–Kier alpha value is -2.44. The van der Waals surface area contributed by atoms with Gasteiger partial charge in [-0.05, 0) is 37.3 Å². The summed E-state index contributed by atoms with van der Waals surface area (Å²) >= 11 is 11.8.